The second kappa shape index (κ2) is 5.86. The van der Waals surface area contributed by atoms with Crippen molar-refractivity contribution >= 4 is 5.82 Å². The third-order valence-corrected chi connectivity index (χ3v) is 3.02. The Kier molecular flexibility index (Phi) is 4.17. The van der Waals surface area contributed by atoms with Gasteiger partial charge in [-0.2, -0.15) is 4.98 Å². The lowest BCUT2D eigenvalue weighted by Gasteiger charge is -2.12. The molecule has 2 rings (SSSR count). The topological polar surface area (TPSA) is 61.0 Å². The fraction of sp³-hybridized carbons (Fsp3) is 0.333. The molecule has 1 aromatic heterocycles. The van der Waals surface area contributed by atoms with Gasteiger partial charge in [-0.25, -0.2) is 9.37 Å². The van der Waals surface area contributed by atoms with Crippen molar-refractivity contribution in [2.75, 3.05) is 5.73 Å². The van der Waals surface area contributed by atoms with Crippen molar-refractivity contribution in [2.24, 2.45) is 0 Å². The van der Waals surface area contributed by atoms with Gasteiger partial charge in [0.05, 0.1) is 5.56 Å². The first kappa shape index (κ1) is 14.2. The zero-order valence-electron chi connectivity index (χ0n) is 11.9. The normalized spacial score (nSPS) is 10.6. The summed E-state index contributed by atoms with van der Waals surface area (Å²) >= 11 is 0. The third-order valence-electron chi connectivity index (χ3n) is 3.02. The van der Waals surface area contributed by atoms with E-state index in [0.717, 1.165) is 18.4 Å². The molecule has 0 fully saturated rings. The second-order valence-corrected chi connectivity index (χ2v) is 4.72. The van der Waals surface area contributed by atoms with E-state index in [1.807, 2.05) is 13.8 Å². The Morgan fingerprint density at radius 2 is 2.00 bits per heavy atom. The highest BCUT2D eigenvalue weighted by Crippen LogP contribution is 2.28. The number of aromatic nitrogens is 2. The van der Waals surface area contributed by atoms with Gasteiger partial charge in [-0.15, -0.1) is 0 Å². The van der Waals surface area contributed by atoms with Crippen LogP contribution in [0.4, 0.5) is 10.2 Å². The first-order valence-electron chi connectivity index (χ1n) is 6.58. The van der Waals surface area contributed by atoms with Crippen molar-refractivity contribution in [2.45, 2.75) is 33.6 Å². The average molecular weight is 275 g/mol. The van der Waals surface area contributed by atoms with Crippen molar-refractivity contribution in [1.82, 2.24) is 9.97 Å². The molecular formula is C15H18FN3O. The van der Waals surface area contributed by atoms with Crippen LogP contribution in [-0.2, 0) is 6.42 Å². The Bertz CT molecular complexity index is 629. The Balaban J connectivity index is 2.39. The van der Waals surface area contributed by atoms with E-state index in [9.17, 15) is 4.39 Å². The molecule has 2 aromatic rings. The summed E-state index contributed by atoms with van der Waals surface area (Å²) in [5.74, 6) is 1.51. The molecule has 2 N–H and O–H groups in total. The number of ether oxygens (including phenoxy) is 1. The van der Waals surface area contributed by atoms with Gasteiger partial charge in [-0.05, 0) is 31.9 Å². The van der Waals surface area contributed by atoms with Crippen molar-refractivity contribution in [1.29, 1.82) is 0 Å². The second-order valence-electron chi connectivity index (χ2n) is 4.72. The standard InChI is InChI=1S/C15H18FN3O/c1-4-5-13-18-14(17)10(3)15(19-13)20-12-8-11(16)7-6-9(12)2/h6-8H,4-5H2,1-3H3,(H2,17,18,19). The van der Waals surface area contributed by atoms with Gasteiger partial charge >= 0.3 is 0 Å². The fourth-order valence-electron chi connectivity index (χ4n) is 1.78. The van der Waals surface area contributed by atoms with E-state index in [1.165, 1.54) is 12.1 Å². The minimum absolute atomic E-state index is 0.348. The van der Waals surface area contributed by atoms with E-state index < -0.39 is 0 Å². The van der Waals surface area contributed by atoms with Crippen LogP contribution in [0, 0.1) is 19.7 Å². The van der Waals surface area contributed by atoms with E-state index in [0.29, 0.717) is 28.8 Å². The van der Waals surface area contributed by atoms with Crippen LogP contribution in [0.2, 0.25) is 0 Å². The minimum atomic E-state index is -0.348. The molecule has 20 heavy (non-hydrogen) atoms. The van der Waals surface area contributed by atoms with Gasteiger partial charge in [-0.1, -0.05) is 13.0 Å². The number of aryl methyl sites for hydroxylation is 2. The number of benzene rings is 1. The molecule has 0 atom stereocenters. The zero-order chi connectivity index (χ0) is 14.7. The van der Waals surface area contributed by atoms with Crippen LogP contribution < -0.4 is 10.5 Å². The molecule has 0 radical (unpaired) electrons. The maximum absolute atomic E-state index is 13.3. The molecule has 0 spiro atoms. The first-order chi connectivity index (χ1) is 9.51. The van der Waals surface area contributed by atoms with Crippen molar-refractivity contribution < 1.29 is 9.13 Å². The maximum atomic E-state index is 13.3. The summed E-state index contributed by atoms with van der Waals surface area (Å²) in [6.07, 6.45) is 1.64. The molecule has 0 amide bonds. The van der Waals surface area contributed by atoms with Crippen molar-refractivity contribution in [3.63, 3.8) is 0 Å². The lowest BCUT2D eigenvalue weighted by Crippen LogP contribution is -2.05. The summed E-state index contributed by atoms with van der Waals surface area (Å²) in [5.41, 5.74) is 7.36. The van der Waals surface area contributed by atoms with Gasteiger partial charge in [0.1, 0.15) is 23.2 Å². The molecule has 0 aliphatic rings. The number of nitrogens with zero attached hydrogens (tertiary/aromatic N) is 2. The smallest absolute Gasteiger partial charge is 0.227 e. The maximum Gasteiger partial charge on any atom is 0.227 e. The number of nitrogen functional groups attached to an aromatic ring is 1. The molecule has 1 heterocycles. The number of halogens is 1. The van der Waals surface area contributed by atoms with Crippen LogP contribution in [0.3, 0.4) is 0 Å². The largest absolute Gasteiger partial charge is 0.438 e. The monoisotopic (exact) mass is 275 g/mol. The van der Waals surface area contributed by atoms with Crippen LogP contribution >= 0.6 is 0 Å². The van der Waals surface area contributed by atoms with Gasteiger partial charge in [-0.3, -0.25) is 0 Å². The summed E-state index contributed by atoms with van der Waals surface area (Å²) in [4.78, 5) is 8.57. The summed E-state index contributed by atoms with van der Waals surface area (Å²) in [5, 5.41) is 0. The van der Waals surface area contributed by atoms with Crippen molar-refractivity contribution in [3.05, 3.63) is 41.0 Å². The molecule has 5 heteroatoms. The molecule has 0 saturated heterocycles. The summed E-state index contributed by atoms with van der Waals surface area (Å²) < 4.78 is 19.0. The van der Waals surface area contributed by atoms with Crippen molar-refractivity contribution in [3.8, 4) is 11.6 Å². The third kappa shape index (κ3) is 3.04. The average Bonchev–Trinajstić information content (AvgIpc) is 2.40. The van der Waals surface area contributed by atoms with E-state index in [2.05, 4.69) is 9.97 Å². The molecule has 0 aliphatic carbocycles. The predicted molar refractivity (Wildman–Crippen MR) is 76.4 cm³/mol. The van der Waals surface area contributed by atoms with Crippen LogP contribution in [0.25, 0.3) is 0 Å². The lowest BCUT2D eigenvalue weighted by molar-refractivity contribution is 0.447. The minimum Gasteiger partial charge on any atom is -0.438 e. The lowest BCUT2D eigenvalue weighted by atomic mass is 10.2. The summed E-state index contributed by atoms with van der Waals surface area (Å²) in [6.45, 7) is 5.67. The number of hydrogen-bond acceptors (Lipinski definition) is 4. The number of rotatable bonds is 4. The summed E-state index contributed by atoms with van der Waals surface area (Å²) in [6, 6.07) is 4.40. The molecule has 0 bridgehead atoms. The Labute approximate surface area is 117 Å². The van der Waals surface area contributed by atoms with Crippen LogP contribution in [0.1, 0.15) is 30.3 Å². The van der Waals surface area contributed by atoms with Crippen LogP contribution in [0.15, 0.2) is 18.2 Å². The van der Waals surface area contributed by atoms with Crippen LogP contribution in [-0.4, -0.2) is 9.97 Å². The van der Waals surface area contributed by atoms with E-state index in [1.54, 1.807) is 13.0 Å². The number of nitrogens with two attached hydrogens (primary N) is 1. The summed E-state index contributed by atoms with van der Waals surface area (Å²) in [7, 11) is 0. The van der Waals surface area contributed by atoms with Gasteiger partial charge in [0.2, 0.25) is 5.88 Å². The molecule has 4 nitrogen and oxygen atoms in total. The molecule has 1 aromatic carbocycles. The quantitative estimate of drug-likeness (QED) is 0.926. The highest BCUT2D eigenvalue weighted by molar-refractivity contribution is 5.46. The Hall–Kier alpha value is -2.17. The highest BCUT2D eigenvalue weighted by atomic mass is 19.1. The van der Waals surface area contributed by atoms with Crippen LogP contribution in [0.5, 0.6) is 11.6 Å². The molecule has 0 saturated carbocycles. The van der Waals surface area contributed by atoms with Gasteiger partial charge in [0.25, 0.3) is 0 Å². The highest BCUT2D eigenvalue weighted by Gasteiger charge is 2.12. The van der Waals surface area contributed by atoms with Gasteiger partial charge in [0.15, 0.2) is 0 Å². The van der Waals surface area contributed by atoms with E-state index >= 15 is 0 Å². The fourth-order valence-corrected chi connectivity index (χ4v) is 1.78. The zero-order valence-corrected chi connectivity index (χ0v) is 11.9. The van der Waals surface area contributed by atoms with E-state index in [4.69, 9.17) is 10.5 Å². The van der Waals surface area contributed by atoms with E-state index in [-0.39, 0.29) is 5.82 Å². The molecule has 106 valence electrons. The molecular weight excluding hydrogens is 257 g/mol. The number of hydrogen-bond donors (Lipinski definition) is 1. The SMILES string of the molecule is CCCc1nc(N)c(C)c(Oc2cc(F)ccc2C)n1. The van der Waals surface area contributed by atoms with Gasteiger partial charge < -0.3 is 10.5 Å². The van der Waals surface area contributed by atoms with Gasteiger partial charge in [0, 0.05) is 12.5 Å². The first-order valence-corrected chi connectivity index (χ1v) is 6.58. The molecule has 0 unspecified atom stereocenters. The Morgan fingerprint density at radius 1 is 1.25 bits per heavy atom. The molecule has 0 aliphatic heterocycles. The number of anilines is 1. The Morgan fingerprint density at radius 3 is 2.70 bits per heavy atom. The predicted octanol–water partition coefficient (Wildman–Crippen LogP) is 3.56.